The number of carboxylic acid groups (broad SMARTS) is 1. The zero-order valence-corrected chi connectivity index (χ0v) is 18.9. The predicted molar refractivity (Wildman–Crippen MR) is 124 cm³/mol. The monoisotopic (exact) mass is 483 g/mol. The van der Waals surface area contributed by atoms with Crippen LogP contribution in [-0.2, 0) is 4.79 Å². The van der Waals surface area contributed by atoms with Crippen LogP contribution in [0.15, 0.2) is 53.5 Å². The number of amides is 1. The van der Waals surface area contributed by atoms with Gasteiger partial charge in [0.1, 0.15) is 17.6 Å². The number of carboxylic acids is 1. The first-order valence-corrected chi connectivity index (χ1v) is 10.4. The summed E-state index contributed by atoms with van der Waals surface area (Å²) < 4.78 is 20.9. The van der Waals surface area contributed by atoms with E-state index in [0.717, 1.165) is 22.8 Å². The molecule has 1 atom stereocenters. The third-order valence-electron chi connectivity index (χ3n) is 5.16. The van der Waals surface area contributed by atoms with E-state index in [1.54, 1.807) is 13.0 Å². The number of hydrogen-bond donors (Lipinski definition) is 2. The summed E-state index contributed by atoms with van der Waals surface area (Å²) in [6.45, 7) is 1.67. The highest BCUT2D eigenvalue weighted by atomic mass is 35.5. The lowest BCUT2D eigenvalue weighted by molar-refractivity contribution is -0.119. The number of anilines is 1. The van der Waals surface area contributed by atoms with Crippen LogP contribution in [-0.4, -0.2) is 28.7 Å². The molecule has 0 saturated carbocycles. The number of nitriles is 1. The largest absolute Gasteiger partial charge is 0.495 e. The Morgan fingerprint density at radius 2 is 1.97 bits per heavy atom. The van der Waals surface area contributed by atoms with Crippen molar-refractivity contribution < 1.29 is 23.8 Å². The molecule has 0 aliphatic rings. The number of aromatic carboxylic acids is 1. The van der Waals surface area contributed by atoms with Gasteiger partial charge in [0.2, 0.25) is 5.91 Å². The number of carbonyl (C=O) groups excluding carboxylic acids is 1. The van der Waals surface area contributed by atoms with Crippen molar-refractivity contribution in [2.45, 2.75) is 19.4 Å². The zero-order chi connectivity index (χ0) is 25.0. The molecule has 8 nitrogen and oxygen atoms in total. The standard InChI is InChI=1S/C24H19ClFN3O5/c1-3-20(23(31)28-19-7-5-13(24(32)33)8-18(19)26)29-12-21(34-2)17(10-22(29)30)16-9-15(25)6-4-14(16)11-27/h4-10,12,20H,3H2,1-2H3,(H,28,31)(H,32,33)/t20-/m0/s1. The van der Waals surface area contributed by atoms with Crippen molar-refractivity contribution in [2.24, 2.45) is 0 Å². The summed E-state index contributed by atoms with van der Waals surface area (Å²) in [5, 5.41) is 21.2. The van der Waals surface area contributed by atoms with Crippen LogP contribution in [0.25, 0.3) is 11.1 Å². The van der Waals surface area contributed by atoms with Gasteiger partial charge in [0, 0.05) is 22.2 Å². The lowest BCUT2D eigenvalue weighted by Gasteiger charge is -2.20. The van der Waals surface area contributed by atoms with Gasteiger partial charge in [-0.2, -0.15) is 5.26 Å². The van der Waals surface area contributed by atoms with E-state index < -0.39 is 29.3 Å². The fourth-order valence-electron chi connectivity index (χ4n) is 3.46. The highest BCUT2D eigenvalue weighted by Crippen LogP contribution is 2.33. The molecule has 0 aliphatic carbocycles. The SMILES string of the molecule is CC[C@@H](C(=O)Nc1ccc(C(=O)O)cc1F)n1cc(OC)c(-c2cc(Cl)ccc2C#N)cc1=O. The molecule has 174 valence electrons. The van der Waals surface area contributed by atoms with Gasteiger partial charge >= 0.3 is 5.97 Å². The number of rotatable bonds is 7. The fraction of sp³-hybridized carbons (Fsp3) is 0.167. The number of ether oxygens (including phenoxy) is 1. The van der Waals surface area contributed by atoms with Crippen LogP contribution < -0.4 is 15.6 Å². The van der Waals surface area contributed by atoms with Crippen molar-refractivity contribution in [1.29, 1.82) is 5.26 Å². The third kappa shape index (κ3) is 4.92. The molecule has 2 N–H and O–H groups in total. The molecular weight excluding hydrogens is 465 g/mol. The van der Waals surface area contributed by atoms with Gasteiger partial charge in [-0.15, -0.1) is 0 Å². The molecule has 1 heterocycles. The van der Waals surface area contributed by atoms with Crippen LogP contribution in [0, 0.1) is 17.1 Å². The van der Waals surface area contributed by atoms with Crippen molar-refractivity contribution >= 4 is 29.2 Å². The van der Waals surface area contributed by atoms with Crippen LogP contribution in [0.1, 0.15) is 35.3 Å². The van der Waals surface area contributed by atoms with Gasteiger partial charge in [-0.25, -0.2) is 9.18 Å². The molecule has 3 aromatic rings. The Labute approximate surface area is 198 Å². The van der Waals surface area contributed by atoms with E-state index in [-0.39, 0.29) is 29.0 Å². The Balaban J connectivity index is 2.01. The summed E-state index contributed by atoms with van der Waals surface area (Å²) in [5.41, 5.74) is -0.0321. The number of methoxy groups -OCH3 is 1. The summed E-state index contributed by atoms with van der Waals surface area (Å²) in [7, 11) is 1.38. The summed E-state index contributed by atoms with van der Waals surface area (Å²) in [5.74, 6) is -2.68. The second kappa shape index (κ2) is 10.2. The molecular formula is C24H19ClFN3O5. The maximum Gasteiger partial charge on any atom is 0.335 e. The number of benzene rings is 2. The van der Waals surface area contributed by atoms with E-state index in [0.29, 0.717) is 16.1 Å². The maximum absolute atomic E-state index is 14.3. The quantitative estimate of drug-likeness (QED) is 0.511. The highest BCUT2D eigenvalue weighted by Gasteiger charge is 2.23. The van der Waals surface area contributed by atoms with Crippen LogP contribution in [0.3, 0.4) is 0 Å². The van der Waals surface area contributed by atoms with Gasteiger partial charge in [0.05, 0.1) is 36.2 Å². The summed E-state index contributed by atoms with van der Waals surface area (Å²) >= 11 is 6.07. The molecule has 0 spiro atoms. The smallest absolute Gasteiger partial charge is 0.335 e. The Morgan fingerprint density at radius 3 is 2.56 bits per heavy atom. The second-order valence-electron chi connectivity index (χ2n) is 7.22. The molecule has 10 heteroatoms. The molecule has 0 unspecified atom stereocenters. The van der Waals surface area contributed by atoms with E-state index in [1.165, 1.54) is 31.5 Å². The van der Waals surface area contributed by atoms with Crippen molar-refractivity contribution in [1.82, 2.24) is 4.57 Å². The molecule has 0 fully saturated rings. The summed E-state index contributed by atoms with van der Waals surface area (Å²) in [6.07, 6.45) is 1.53. The molecule has 0 bridgehead atoms. The van der Waals surface area contributed by atoms with Crippen LogP contribution in [0.5, 0.6) is 5.75 Å². The van der Waals surface area contributed by atoms with Gasteiger partial charge in [-0.1, -0.05) is 18.5 Å². The molecule has 1 aromatic heterocycles. The van der Waals surface area contributed by atoms with E-state index in [2.05, 4.69) is 5.32 Å². The van der Waals surface area contributed by atoms with Crippen molar-refractivity contribution in [2.75, 3.05) is 12.4 Å². The van der Waals surface area contributed by atoms with Crippen LogP contribution >= 0.6 is 11.6 Å². The molecule has 0 radical (unpaired) electrons. The van der Waals surface area contributed by atoms with Gasteiger partial charge in [-0.05, 0) is 42.8 Å². The van der Waals surface area contributed by atoms with E-state index in [4.69, 9.17) is 21.4 Å². The average molecular weight is 484 g/mol. The molecule has 3 rings (SSSR count). The predicted octanol–water partition coefficient (Wildman–Crippen LogP) is 4.48. The molecule has 34 heavy (non-hydrogen) atoms. The number of halogens is 2. The number of aromatic nitrogens is 1. The topological polar surface area (TPSA) is 121 Å². The lowest BCUT2D eigenvalue weighted by Crippen LogP contribution is -2.33. The first-order valence-electron chi connectivity index (χ1n) is 10.0. The Kier molecular flexibility index (Phi) is 7.34. The number of nitrogens with zero attached hydrogens (tertiary/aromatic N) is 2. The maximum atomic E-state index is 14.3. The van der Waals surface area contributed by atoms with Gasteiger partial charge < -0.3 is 15.2 Å². The number of pyridine rings is 1. The Morgan fingerprint density at radius 1 is 1.24 bits per heavy atom. The fourth-order valence-corrected chi connectivity index (χ4v) is 3.63. The van der Waals surface area contributed by atoms with E-state index in [1.807, 2.05) is 6.07 Å². The second-order valence-corrected chi connectivity index (χ2v) is 7.65. The number of nitrogens with one attached hydrogen (secondary N) is 1. The van der Waals surface area contributed by atoms with Crippen molar-refractivity contribution in [3.8, 4) is 22.9 Å². The highest BCUT2D eigenvalue weighted by molar-refractivity contribution is 6.31. The van der Waals surface area contributed by atoms with Crippen LogP contribution in [0.4, 0.5) is 10.1 Å². The minimum Gasteiger partial charge on any atom is -0.495 e. The summed E-state index contributed by atoms with van der Waals surface area (Å²) in [6, 6.07) is 9.96. The Hall–Kier alpha value is -4.16. The molecule has 0 aliphatic heterocycles. The number of carbonyl (C=O) groups is 2. The average Bonchev–Trinajstić information content (AvgIpc) is 2.81. The first-order chi connectivity index (χ1) is 16.2. The first kappa shape index (κ1) is 24.5. The normalized spacial score (nSPS) is 11.4. The minimum absolute atomic E-state index is 0.184. The van der Waals surface area contributed by atoms with Crippen molar-refractivity contribution in [3.63, 3.8) is 0 Å². The number of hydrogen-bond acceptors (Lipinski definition) is 5. The van der Waals surface area contributed by atoms with Gasteiger partial charge in [0.15, 0.2) is 0 Å². The molecule has 1 amide bonds. The van der Waals surface area contributed by atoms with Crippen molar-refractivity contribution in [3.05, 3.63) is 81.0 Å². The Bertz CT molecular complexity index is 1380. The third-order valence-corrected chi connectivity index (χ3v) is 5.39. The van der Waals surface area contributed by atoms with Gasteiger partial charge in [0.25, 0.3) is 5.56 Å². The van der Waals surface area contributed by atoms with E-state index in [9.17, 15) is 24.0 Å². The zero-order valence-electron chi connectivity index (χ0n) is 18.1. The van der Waals surface area contributed by atoms with Crippen LogP contribution in [0.2, 0.25) is 5.02 Å². The van der Waals surface area contributed by atoms with E-state index >= 15 is 0 Å². The minimum atomic E-state index is -1.30. The summed E-state index contributed by atoms with van der Waals surface area (Å²) in [4.78, 5) is 36.9. The lowest BCUT2D eigenvalue weighted by atomic mass is 10.00. The molecule has 2 aromatic carbocycles. The van der Waals surface area contributed by atoms with Gasteiger partial charge in [-0.3, -0.25) is 14.2 Å². The molecule has 0 saturated heterocycles.